The van der Waals surface area contributed by atoms with Crippen LogP contribution in [0.15, 0.2) is 0 Å². The molecule has 0 aliphatic carbocycles. The number of carbonyl (C=O) groups excluding carboxylic acids is 1. The van der Waals surface area contributed by atoms with Crippen LogP contribution in [0.4, 0.5) is 0 Å². The molecule has 3 heteroatoms. The molecule has 0 saturated carbocycles. The van der Waals surface area contributed by atoms with E-state index in [0.717, 1.165) is 32.3 Å². The lowest BCUT2D eigenvalue weighted by Gasteiger charge is -2.11. The van der Waals surface area contributed by atoms with Gasteiger partial charge in [-0.25, -0.2) is 0 Å². The maximum Gasteiger partial charge on any atom is 0.132 e. The highest BCUT2D eigenvalue weighted by Crippen LogP contribution is 2.14. The van der Waals surface area contributed by atoms with Crippen LogP contribution in [0.3, 0.4) is 0 Å². The molecule has 0 N–H and O–H groups in total. The number of ether oxygens (including phenoxy) is 1. The van der Waals surface area contributed by atoms with Crippen molar-refractivity contribution >= 4 is 17.4 Å². The summed E-state index contributed by atoms with van der Waals surface area (Å²) >= 11 is 5.60. The number of halogens is 1. The average Bonchev–Trinajstić information content (AvgIpc) is 2.10. The highest BCUT2D eigenvalue weighted by molar-refractivity contribution is 6.18. The summed E-state index contributed by atoms with van der Waals surface area (Å²) in [6.45, 7) is 2.43. The molecule has 0 aromatic rings. The van der Waals surface area contributed by atoms with E-state index in [1.807, 2.05) is 0 Å². The van der Waals surface area contributed by atoms with E-state index < -0.39 is 0 Å². The van der Waals surface area contributed by atoms with Gasteiger partial charge in [-0.05, 0) is 26.2 Å². The van der Waals surface area contributed by atoms with E-state index in [9.17, 15) is 4.79 Å². The van der Waals surface area contributed by atoms with Crippen molar-refractivity contribution in [2.24, 2.45) is 5.92 Å². The van der Waals surface area contributed by atoms with Gasteiger partial charge in [0, 0.05) is 25.5 Å². The minimum atomic E-state index is 0.161. The van der Waals surface area contributed by atoms with Gasteiger partial charge >= 0.3 is 0 Å². The van der Waals surface area contributed by atoms with Crippen molar-refractivity contribution < 1.29 is 9.53 Å². The second-order valence-electron chi connectivity index (χ2n) is 3.27. The number of alkyl halides is 1. The van der Waals surface area contributed by atoms with E-state index in [1.54, 1.807) is 14.0 Å². The Bertz CT molecular complexity index is 137. The van der Waals surface area contributed by atoms with Crippen molar-refractivity contribution in [2.75, 3.05) is 19.6 Å². The number of ketones is 1. The molecule has 0 rings (SSSR count). The van der Waals surface area contributed by atoms with Gasteiger partial charge in [0.15, 0.2) is 0 Å². The van der Waals surface area contributed by atoms with Crippen LogP contribution in [0.1, 0.15) is 32.6 Å². The Kier molecular flexibility index (Phi) is 8.46. The molecule has 0 aliphatic heterocycles. The summed E-state index contributed by atoms with van der Waals surface area (Å²) < 4.78 is 4.93. The molecule has 1 unspecified atom stereocenters. The lowest BCUT2D eigenvalue weighted by molar-refractivity contribution is -0.121. The smallest absolute Gasteiger partial charge is 0.132 e. The number of carbonyl (C=O) groups is 1. The first kappa shape index (κ1) is 12.9. The fourth-order valence-corrected chi connectivity index (χ4v) is 1.58. The Labute approximate surface area is 85.6 Å². The SMILES string of the molecule is COCCCCC(CCCl)C(C)=O. The first-order valence-electron chi connectivity index (χ1n) is 4.77. The lowest BCUT2D eigenvalue weighted by atomic mass is 9.96. The molecule has 0 spiro atoms. The van der Waals surface area contributed by atoms with Crippen LogP contribution in [0.25, 0.3) is 0 Å². The third-order valence-corrected chi connectivity index (χ3v) is 2.40. The third-order valence-electron chi connectivity index (χ3n) is 2.18. The monoisotopic (exact) mass is 206 g/mol. The number of hydrogen-bond acceptors (Lipinski definition) is 2. The van der Waals surface area contributed by atoms with Crippen molar-refractivity contribution in [3.63, 3.8) is 0 Å². The minimum absolute atomic E-state index is 0.161. The Morgan fingerprint density at radius 3 is 2.54 bits per heavy atom. The molecule has 2 nitrogen and oxygen atoms in total. The van der Waals surface area contributed by atoms with E-state index in [4.69, 9.17) is 16.3 Å². The van der Waals surface area contributed by atoms with Crippen LogP contribution in [-0.4, -0.2) is 25.4 Å². The summed E-state index contributed by atoms with van der Waals surface area (Å²) in [5.74, 6) is 1.00. The van der Waals surface area contributed by atoms with Crippen molar-refractivity contribution in [3.8, 4) is 0 Å². The summed E-state index contributed by atoms with van der Waals surface area (Å²) in [6.07, 6.45) is 3.84. The summed E-state index contributed by atoms with van der Waals surface area (Å²) in [5.41, 5.74) is 0. The molecule has 1 atom stereocenters. The fraction of sp³-hybridized carbons (Fsp3) is 0.900. The molecule has 0 aromatic heterocycles. The Morgan fingerprint density at radius 2 is 2.08 bits per heavy atom. The van der Waals surface area contributed by atoms with Gasteiger partial charge in [-0.3, -0.25) is 4.79 Å². The number of unbranched alkanes of at least 4 members (excludes halogenated alkanes) is 1. The third kappa shape index (κ3) is 7.03. The van der Waals surface area contributed by atoms with Crippen LogP contribution in [-0.2, 0) is 9.53 Å². The van der Waals surface area contributed by atoms with Crippen LogP contribution in [0, 0.1) is 5.92 Å². The second-order valence-corrected chi connectivity index (χ2v) is 3.65. The van der Waals surface area contributed by atoms with Gasteiger partial charge in [0.2, 0.25) is 0 Å². The van der Waals surface area contributed by atoms with E-state index >= 15 is 0 Å². The second kappa shape index (κ2) is 8.52. The van der Waals surface area contributed by atoms with E-state index in [2.05, 4.69) is 0 Å². The Hall–Kier alpha value is -0.0800. The highest BCUT2D eigenvalue weighted by Gasteiger charge is 2.12. The number of hydrogen-bond donors (Lipinski definition) is 0. The molecule has 0 aromatic carbocycles. The normalized spacial score (nSPS) is 12.8. The molecule has 0 bridgehead atoms. The molecule has 0 heterocycles. The van der Waals surface area contributed by atoms with Crippen LogP contribution in [0.2, 0.25) is 0 Å². The van der Waals surface area contributed by atoms with Gasteiger partial charge in [0.25, 0.3) is 0 Å². The van der Waals surface area contributed by atoms with Crippen molar-refractivity contribution in [1.29, 1.82) is 0 Å². The number of rotatable bonds is 8. The minimum Gasteiger partial charge on any atom is -0.385 e. The maximum atomic E-state index is 11.1. The van der Waals surface area contributed by atoms with E-state index in [-0.39, 0.29) is 11.7 Å². The van der Waals surface area contributed by atoms with E-state index in [1.165, 1.54) is 0 Å². The molecule has 0 aliphatic rings. The first-order valence-corrected chi connectivity index (χ1v) is 5.31. The molecule has 0 radical (unpaired) electrons. The summed E-state index contributed by atoms with van der Waals surface area (Å²) in [5, 5.41) is 0. The average molecular weight is 207 g/mol. The van der Waals surface area contributed by atoms with Crippen LogP contribution in [0.5, 0.6) is 0 Å². The highest BCUT2D eigenvalue weighted by atomic mass is 35.5. The Morgan fingerprint density at radius 1 is 1.38 bits per heavy atom. The summed E-state index contributed by atoms with van der Waals surface area (Å²) in [4.78, 5) is 11.1. The summed E-state index contributed by atoms with van der Waals surface area (Å²) in [7, 11) is 1.70. The molecular weight excluding hydrogens is 188 g/mol. The number of Topliss-reactive ketones (excluding diaryl/α,β-unsaturated/α-hetero) is 1. The predicted molar refractivity (Wildman–Crippen MR) is 55.2 cm³/mol. The molecule has 0 saturated heterocycles. The molecule has 78 valence electrons. The van der Waals surface area contributed by atoms with Crippen molar-refractivity contribution in [2.45, 2.75) is 32.6 Å². The number of methoxy groups -OCH3 is 1. The van der Waals surface area contributed by atoms with Gasteiger partial charge in [0.05, 0.1) is 0 Å². The first-order chi connectivity index (χ1) is 6.22. The zero-order valence-electron chi connectivity index (χ0n) is 8.51. The Balaban J connectivity index is 3.51. The predicted octanol–water partition coefficient (Wildman–Crippen LogP) is 2.64. The topological polar surface area (TPSA) is 26.3 Å². The zero-order chi connectivity index (χ0) is 10.1. The van der Waals surface area contributed by atoms with Gasteiger partial charge in [-0.15, -0.1) is 11.6 Å². The quantitative estimate of drug-likeness (QED) is 0.451. The van der Waals surface area contributed by atoms with Gasteiger partial charge < -0.3 is 4.74 Å². The zero-order valence-corrected chi connectivity index (χ0v) is 9.27. The van der Waals surface area contributed by atoms with Gasteiger partial charge in [-0.1, -0.05) is 6.42 Å². The van der Waals surface area contributed by atoms with Crippen LogP contribution >= 0.6 is 11.6 Å². The maximum absolute atomic E-state index is 11.1. The molecular formula is C10H19ClO2. The molecule has 13 heavy (non-hydrogen) atoms. The fourth-order valence-electron chi connectivity index (χ4n) is 1.32. The van der Waals surface area contributed by atoms with Gasteiger partial charge in [0.1, 0.15) is 5.78 Å². The van der Waals surface area contributed by atoms with Crippen LogP contribution < -0.4 is 0 Å². The summed E-state index contributed by atoms with van der Waals surface area (Å²) in [6, 6.07) is 0. The van der Waals surface area contributed by atoms with Gasteiger partial charge in [-0.2, -0.15) is 0 Å². The van der Waals surface area contributed by atoms with Crippen molar-refractivity contribution in [3.05, 3.63) is 0 Å². The lowest BCUT2D eigenvalue weighted by Crippen LogP contribution is -2.11. The largest absolute Gasteiger partial charge is 0.385 e. The molecule has 0 amide bonds. The standard InChI is InChI=1S/C10H19ClO2/c1-9(12)10(6-7-11)5-3-4-8-13-2/h10H,3-8H2,1-2H3. The van der Waals surface area contributed by atoms with E-state index in [0.29, 0.717) is 5.88 Å². The molecule has 0 fully saturated rings. The van der Waals surface area contributed by atoms with Crippen molar-refractivity contribution in [1.82, 2.24) is 0 Å².